The van der Waals surface area contributed by atoms with E-state index in [9.17, 15) is 0 Å². The quantitative estimate of drug-likeness (QED) is 0.599. The predicted molar refractivity (Wildman–Crippen MR) is 98.0 cm³/mol. The molecule has 0 radical (unpaired) electrons. The van der Waals surface area contributed by atoms with Crippen LogP contribution >= 0.6 is 0 Å². The molecule has 1 saturated carbocycles. The Labute approximate surface area is 144 Å². The fourth-order valence-corrected chi connectivity index (χ4v) is 3.94. The molecule has 3 aromatic heterocycles. The molecule has 6 heteroatoms. The van der Waals surface area contributed by atoms with Crippen molar-refractivity contribution < 1.29 is 4.42 Å². The Morgan fingerprint density at radius 2 is 2.04 bits per heavy atom. The molecule has 6 nitrogen and oxygen atoms in total. The number of furan rings is 1. The Morgan fingerprint density at radius 1 is 1.16 bits per heavy atom. The van der Waals surface area contributed by atoms with Crippen LogP contribution in [0.15, 0.2) is 47.5 Å². The van der Waals surface area contributed by atoms with E-state index in [4.69, 9.17) is 15.9 Å². The summed E-state index contributed by atoms with van der Waals surface area (Å²) in [4.78, 5) is 8.75. The van der Waals surface area contributed by atoms with Gasteiger partial charge in [-0.3, -0.25) is 0 Å². The molecule has 3 heterocycles. The number of aromatic nitrogens is 3. The van der Waals surface area contributed by atoms with Crippen LogP contribution < -0.4 is 11.5 Å². The zero-order chi connectivity index (χ0) is 17.0. The van der Waals surface area contributed by atoms with E-state index in [1.165, 1.54) is 6.33 Å². The number of nitrogens with two attached hydrogens (primary N) is 2. The summed E-state index contributed by atoms with van der Waals surface area (Å²) in [6, 6.07) is 8.46. The second-order valence-corrected chi connectivity index (χ2v) is 6.77. The van der Waals surface area contributed by atoms with Crippen LogP contribution in [0.3, 0.4) is 0 Å². The third-order valence-corrected chi connectivity index (χ3v) is 5.36. The number of hydrogen-bond acceptors (Lipinski definition) is 5. The maximum Gasteiger partial charge on any atom is 0.146 e. The van der Waals surface area contributed by atoms with Gasteiger partial charge in [-0.2, -0.15) is 0 Å². The summed E-state index contributed by atoms with van der Waals surface area (Å²) in [6.07, 6.45) is 7.58. The van der Waals surface area contributed by atoms with Gasteiger partial charge in [0, 0.05) is 23.2 Å². The van der Waals surface area contributed by atoms with Gasteiger partial charge in [0.2, 0.25) is 0 Å². The molecule has 1 fully saturated rings. The average molecular weight is 333 g/mol. The molecular weight excluding hydrogens is 314 g/mol. The summed E-state index contributed by atoms with van der Waals surface area (Å²) in [7, 11) is 0. The molecular formula is C19H19N5O. The first-order valence-electron chi connectivity index (χ1n) is 8.54. The maximum absolute atomic E-state index is 6.23. The zero-order valence-corrected chi connectivity index (χ0v) is 13.7. The van der Waals surface area contributed by atoms with Crippen LogP contribution in [-0.2, 0) is 0 Å². The number of nitrogen functional groups attached to an aromatic ring is 1. The first-order valence-corrected chi connectivity index (χ1v) is 8.54. The van der Waals surface area contributed by atoms with Crippen molar-refractivity contribution in [2.45, 2.75) is 18.9 Å². The van der Waals surface area contributed by atoms with Crippen LogP contribution in [0.4, 0.5) is 5.82 Å². The van der Waals surface area contributed by atoms with E-state index in [0.717, 1.165) is 52.5 Å². The van der Waals surface area contributed by atoms with Gasteiger partial charge in [-0.25, -0.2) is 9.97 Å². The summed E-state index contributed by atoms with van der Waals surface area (Å²) in [6.45, 7) is 0.744. The topological polar surface area (TPSA) is 95.9 Å². The van der Waals surface area contributed by atoms with Crippen LogP contribution in [0.5, 0.6) is 0 Å². The van der Waals surface area contributed by atoms with Crippen LogP contribution in [-0.4, -0.2) is 21.1 Å². The highest BCUT2D eigenvalue weighted by Gasteiger charge is 2.31. The van der Waals surface area contributed by atoms with Crippen molar-refractivity contribution in [2.24, 2.45) is 11.7 Å². The number of anilines is 1. The van der Waals surface area contributed by atoms with Crippen LogP contribution in [0, 0.1) is 5.92 Å². The highest BCUT2D eigenvalue weighted by atomic mass is 16.3. The van der Waals surface area contributed by atoms with Gasteiger partial charge in [0.05, 0.1) is 11.6 Å². The molecule has 126 valence electrons. The number of rotatable bonds is 3. The first-order chi connectivity index (χ1) is 12.3. The summed E-state index contributed by atoms with van der Waals surface area (Å²) in [5.41, 5.74) is 15.9. The fraction of sp³-hybridized carbons (Fsp3) is 0.263. The minimum atomic E-state index is 0.419. The molecule has 5 rings (SSSR count). The highest BCUT2D eigenvalue weighted by Crippen LogP contribution is 2.43. The molecule has 0 aliphatic heterocycles. The predicted octanol–water partition coefficient (Wildman–Crippen LogP) is 3.34. The highest BCUT2D eigenvalue weighted by molar-refractivity contribution is 6.06. The number of fused-ring (bicyclic) bond motifs is 2. The van der Waals surface area contributed by atoms with E-state index >= 15 is 0 Å². The lowest BCUT2D eigenvalue weighted by molar-refractivity contribution is 0.209. The SMILES string of the molecule is NCC1CC(n2cc(-c3cccc4occc34)c3c(N)ncnc32)C1. The van der Waals surface area contributed by atoms with Crippen molar-refractivity contribution in [1.29, 1.82) is 0 Å². The van der Waals surface area contributed by atoms with Gasteiger partial charge < -0.3 is 20.5 Å². The number of hydrogen-bond donors (Lipinski definition) is 2. The molecule has 0 bridgehead atoms. The maximum atomic E-state index is 6.23. The van der Waals surface area contributed by atoms with Gasteiger partial charge in [-0.05, 0) is 43.0 Å². The zero-order valence-electron chi connectivity index (χ0n) is 13.7. The van der Waals surface area contributed by atoms with Gasteiger partial charge in [0.15, 0.2) is 0 Å². The van der Waals surface area contributed by atoms with Crippen LogP contribution in [0.25, 0.3) is 33.1 Å². The Hall–Kier alpha value is -2.86. The third-order valence-electron chi connectivity index (χ3n) is 5.36. The molecule has 1 aliphatic rings. The van der Waals surface area contributed by atoms with Gasteiger partial charge in [0.1, 0.15) is 23.4 Å². The van der Waals surface area contributed by atoms with E-state index in [1.807, 2.05) is 18.2 Å². The lowest BCUT2D eigenvalue weighted by atomic mass is 9.80. The van der Waals surface area contributed by atoms with Crippen molar-refractivity contribution in [3.05, 3.63) is 43.1 Å². The van der Waals surface area contributed by atoms with Crippen molar-refractivity contribution in [3.8, 4) is 11.1 Å². The summed E-state index contributed by atoms with van der Waals surface area (Å²) < 4.78 is 7.80. The molecule has 4 N–H and O–H groups in total. The van der Waals surface area contributed by atoms with E-state index in [-0.39, 0.29) is 0 Å². The second-order valence-electron chi connectivity index (χ2n) is 6.77. The van der Waals surface area contributed by atoms with E-state index in [2.05, 4.69) is 26.8 Å². The minimum absolute atomic E-state index is 0.419. The van der Waals surface area contributed by atoms with Gasteiger partial charge >= 0.3 is 0 Å². The minimum Gasteiger partial charge on any atom is -0.464 e. The van der Waals surface area contributed by atoms with Crippen LogP contribution in [0.1, 0.15) is 18.9 Å². The Bertz CT molecular complexity index is 1070. The monoisotopic (exact) mass is 333 g/mol. The molecule has 0 amide bonds. The molecule has 4 aromatic rings. The van der Waals surface area contributed by atoms with Crippen molar-refractivity contribution in [2.75, 3.05) is 12.3 Å². The number of benzene rings is 1. The summed E-state index contributed by atoms with van der Waals surface area (Å²) in [5.74, 6) is 1.11. The molecule has 0 spiro atoms. The lowest BCUT2D eigenvalue weighted by Crippen LogP contribution is -2.31. The average Bonchev–Trinajstić information content (AvgIpc) is 3.19. The Morgan fingerprint density at radius 3 is 2.88 bits per heavy atom. The molecule has 0 unspecified atom stereocenters. The molecule has 0 atom stereocenters. The molecule has 25 heavy (non-hydrogen) atoms. The Kier molecular flexibility index (Phi) is 3.08. The molecule has 0 saturated heterocycles. The van der Waals surface area contributed by atoms with Crippen LogP contribution in [0.2, 0.25) is 0 Å². The van der Waals surface area contributed by atoms with E-state index in [1.54, 1.807) is 6.26 Å². The van der Waals surface area contributed by atoms with Gasteiger partial charge in [-0.1, -0.05) is 12.1 Å². The first kappa shape index (κ1) is 14.5. The lowest BCUT2D eigenvalue weighted by Gasteiger charge is -2.35. The van der Waals surface area contributed by atoms with Crippen molar-refractivity contribution in [1.82, 2.24) is 14.5 Å². The molecule has 1 aliphatic carbocycles. The van der Waals surface area contributed by atoms with Crippen molar-refractivity contribution in [3.63, 3.8) is 0 Å². The van der Waals surface area contributed by atoms with E-state index in [0.29, 0.717) is 17.8 Å². The number of nitrogens with zero attached hydrogens (tertiary/aromatic N) is 3. The summed E-state index contributed by atoms with van der Waals surface area (Å²) >= 11 is 0. The third kappa shape index (κ3) is 2.07. The summed E-state index contributed by atoms with van der Waals surface area (Å²) in [5, 5.41) is 1.98. The van der Waals surface area contributed by atoms with Gasteiger partial charge in [-0.15, -0.1) is 0 Å². The molecule has 1 aromatic carbocycles. The standard InChI is InChI=1S/C19H19N5O/c20-8-11-6-12(7-11)24-9-15(17-18(21)22-10-23-19(17)24)13-2-1-3-16-14(13)4-5-25-16/h1-5,9-12H,6-8,20H2,(H2,21,22,23). The van der Waals surface area contributed by atoms with E-state index < -0.39 is 0 Å². The Balaban J connectivity index is 1.75. The van der Waals surface area contributed by atoms with Crippen molar-refractivity contribution >= 4 is 27.8 Å². The normalized spacial score (nSPS) is 20.2. The smallest absolute Gasteiger partial charge is 0.146 e. The second kappa shape index (κ2) is 5.32. The largest absolute Gasteiger partial charge is 0.464 e. The fourth-order valence-electron chi connectivity index (χ4n) is 3.94. The van der Waals surface area contributed by atoms with Gasteiger partial charge in [0.25, 0.3) is 0 Å².